The predicted octanol–water partition coefficient (Wildman–Crippen LogP) is 4.79. The Bertz CT molecular complexity index is 1130. The van der Waals surface area contributed by atoms with Gasteiger partial charge in [-0.3, -0.25) is 0 Å². The smallest absolute Gasteiger partial charge is 0.125 e. The summed E-state index contributed by atoms with van der Waals surface area (Å²) in [5, 5.41) is 11.5. The fourth-order valence-electron chi connectivity index (χ4n) is 6.30. The van der Waals surface area contributed by atoms with Gasteiger partial charge in [-0.05, 0) is 91.9 Å². The summed E-state index contributed by atoms with van der Waals surface area (Å²) in [6.07, 6.45) is 5.87. The minimum atomic E-state index is -0.170. The molecular formula is C26H29FN2O. The monoisotopic (exact) mass is 404 g/mol. The van der Waals surface area contributed by atoms with Crippen molar-refractivity contribution in [2.24, 2.45) is 18.9 Å². The van der Waals surface area contributed by atoms with E-state index in [2.05, 4.69) is 22.6 Å². The molecule has 156 valence electrons. The van der Waals surface area contributed by atoms with E-state index in [-0.39, 0.29) is 11.2 Å². The van der Waals surface area contributed by atoms with Crippen LogP contribution in [0.3, 0.4) is 0 Å². The number of hydrogen-bond acceptors (Lipinski definition) is 2. The summed E-state index contributed by atoms with van der Waals surface area (Å²) in [6, 6.07) is 13.2. The van der Waals surface area contributed by atoms with Crippen molar-refractivity contribution in [1.82, 2.24) is 9.47 Å². The fraction of sp³-hybridized carbons (Fsp3) is 0.462. The molecule has 0 radical (unpaired) electrons. The van der Waals surface area contributed by atoms with Gasteiger partial charge in [-0.1, -0.05) is 12.1 Å². The fourth-order valence-corrected chi connectivity index (χ4v) is 6.30. The number of phenols is 1. The first-order chi connectivity index (χ1) is 14.5. The number of fused-ring (bicyclic) bond motifs is 4. The van der Waals surface area contributed by atoms with Crippen molar-refractivity contribution in [2.75, 3.05) is 19.6 Å². The van der Waals surface area contributed by atoms with Gasteiger partial charge in [-0.25, -0.2) is 4.39 Å². The molecule has 30 heavy (non-hydrogen) atoms. The van der Waals surface area contributed by atoms with E-state index in [4.69, 9.17) is 0 Å². The van der Waals surface area contributed by atoms with Crippen LogP contribution in [0.25, 0.3) is 10.9 Å². The summed E-state index contributed by atoms with van der Waals surface area (Å²) >= 11 is 0. The maximum Gasteiger partial charge on any atom is 0.125 e. The third-order valence-corrected chi connectivity index (χ3v) is 8.10. The van der Waals surface area contributed by atoms with Gasteiger partial charge in [0, 0.05) is 36.6 Å². The van der Waals surface area contributed by atoms with Gasteiger partial charge in [0.15, 0.2) is 0 Å². The first-order valence-electron chi connectivity index (χ1n) is 11.3. The van der Waals surface area contributed by atoms with E-state index in [9.17, 15) is 9.50 Å². The molecule has 2 aromatic carbocycles. The zero-order valence-electron chi connectivity index (χ0n) is 17.6. The molecule has 0 amide bonds. The van der Waals surface area contributed by atoms with Gasteiger partial charge >= 0.3 is 0 Å². The molecule has 1 aromatic heterocycles. The molecule has 1 saturated carbocycles. The summed E-state index contributed by atoms with van der Waals surface area (Å²) in [5.41, 5.74) is 5.04. The lowest BCUT2D eigenvalue weighted by Gasteiger charge is -2.51. The van der Waals surface area contributed by atoms with Crippen molar-refractivity contribution in [3.8, 4) is 5.75 Å². The predicted molar refractivity (Wildman–Crippen MR) is 117 cm³/mol. The van der Waals surface area contributed by atoms with Gasteiger partial charge in [-0.15, -0.1) is 0 Å². The highest BCUT2D eigenvalue weighted by molar-refractivity contribution is 5.86. The topological polar surface area (TPSA) is 28.4 Å². The normalized spacial score (nSPS) is 26.5. The van der Waals surface area contributed by atoms with Crippen LogP contribution in [0.15, 0.2) is 42.5 Å². The number of benzene rings is 2. The molecule has 6 rings (SSSR count). The van der Waals surface area contributed by atoms with Crippen molar-refractivity contribution in [2.45, 2.75) is 37.5 Å². The number of piperidine rings is 1. The molecule has 1 N–H and O–H groups in total. The lowest BCUT2D eigenvalue weighted by molar-refractivity contribution is 0.0776. The molecule has 0 spiro atoms. The Morgan fingerprint density at radius 2 is 2.03 bits per heavy atom. The molecule has 1 aliphatic heterocycles. The quantitative estimate of drug-likeness (QED) is 0.680. The third-order valence-electron chi connectivity index (χ3n) is 8.10. The van der Waals surface area contributed by atoms with Gasteiger partial charge in [0.1, 0.15) is 11.6 Å². The number of likely N-dealkylation sites (tertiary alicyclic amines) is 1. The van der Waals surface area contributed by atoms with Crippen LogP contribution in [0.2, 0.25) is 0 Å². The van der Waals surface area contributed by atoms with E-state index < -0.39 is 0 Å². The summed E-state index contributed by atoms with van der Waals surface area (Å²) in [7, 11) is 2.08. The highest BCUT2D eigenvalue weighted by atomic mass is 19.1. The van der Waals surface area contributed by atoms with Gasteiger partial charge in [-0.2, -0.15) is 0 Å². The summed E-state index contributed by atoms with van der Waals surface area (Å²) in [4.78, 5) is 2.68. The highest BCUT2D eigenvalue weighted by Crippen LogP contribution is 2.50. The average Bonchev–Trinajstić information content (AvgIpc) is 3.52. The summed E-state index contributed by atoms with van der Waals surface area (Å²) in [6.45, 7) is 3.47. The summed E-state index contributed by atoms with van der Waals surface area (Å²) in [5.74, 6) is 1.59. The van der Waals surface area contributed by atoms with Crippen molar-refractivity contribution < 1.29 is 9.50 Å². The maximum atomic E-state index is 14.0. The Morgan fingerprint density at radius 3 is 2.83 bits per heavy atom. The van der Waals surface area contributed by atoms with Gasteiger partial charge in [0.25, 0.3) is 0 Å². The van der Waals surface area contributed by atoms with E-state index in [1.807, 2.05) is 18.2 Å². The largest absolute Gasteiger partial charge is 0.508 e. The Hall–Kier alpha value is -2.33. The number of nitrogens with zero attached hydrogens (tertiary/aromatic N) is 2. The van der Waals surface area contributed by atoms with Crippen molar-refractivity contribution >= 4 is 10.9 Å². The molecule has 1 saturated heterocycles. The Labute approximate surface area is 177 Å². The second-order valence-corrected chi connectivity index (χ2v) is 9.88. The third kappa shape index (κ3) is 2.80. The van der Waals surface area contributed by atoms with Gasteiger partial charge in [0.05, 0.1) is 5.52 Å². The number of hydrogen-bond donors (Lipinski definition) is 1. The lowest BCUT2D eigenvalue weighted by atomic mass is 9.58. The van der Waals surface area contributed by atoms with Crippen molar-refractivity contribution in [3.05, 3.63) is 65.1 Å². The lowest BCUT2D eigenvalue weighted by Crippen LogP contribution is -2.54. The van der Waals surface area contributed by atoms with Crippen LogP contribution in [0.4, 0.5) is 4.39 Å². The first kappa shape index (κ1) is 18.4. The van der Waals surface area contributed by atoms with E-state index >= 15 is 0 Å². The van der Waals surface area contributed by atoms with E-state index in [1.165, 1.54) is 41.6 Å². The molecule has 2 heterocycles. The molecule has 4 heteroatoms. The number of phenolic OH excluding ortho intramolecular Hbond substituents is 1. The van der Waals surface area contributed by atoms with E-state index in [0.29, 0.717) is 11.7 Å². The van der Waals surface area contributed by atoms with E-state index in [1.54, 1.807) is 18.2 Å². The van der Waals surface area contributed by atoms with Crippen LogP contribution in [0.5, 0.6) is 5.75 Å². The standard InChI is InChI=1S/C26H29FN2O/c1-28-24-13-20(27)7-8-22(24)23-12-19-16-29(15-17-5-6-17)10-9-26(19,14-25(23)28)18-3-2-4-21(30)11-18/h2-4,7-8,11,13,17,19,30H,5-6,9-10,12,14-16H2,1H3. The molecular weight excluding hydrogens is 375 g/mol. The molecule has 3 aliphatic rings. The van der Waals surface area contributed by atoms with Crippen LogP contribution in [0, 0.1) is 17.7 Å². The molecule has 2 aliphatic carbocycles. The maximum absolute atomic E-state index is 14.0. The van der Waals surface area contributed by atoms with Crippen LogP contribution in [0.1, 0.15) is 36.1 Å². The van der Waals surface area contributed by atoms with E-state index in [0.717, 1.165) is 43.8 Å². The van der Waals surface area contributed by atoms with Gasteiger partial charge < -0.3 is 14.6 Å². The summed E-state index contributed by atoms with van der Waals surface area (Å²) < 4.78 is 16.2. The zero-order valence-corrected chi connectivity index (χ0v) is 17.6. The number of aromatic nitrogens is 1. The molecule has 2 atom stereocenters. The molecule has 0 bridgehead atoms. The van der Waals surface area contributed by atoms with Gasteiger partial charge in [0.2, 0.25) is 0 Å². The van der Waals surface area contributed by atoms with Crippen molar-refractivity contribution in [3.63, 3.8) is 0 Å². The van der Waals surface area contributed by atoms with Crippen LogP contribution < -0.4 is 0 Å². The SMILES string of the molecule is Cn1c2c(c3ccc(F)cc31)CC1CN(CC3CC3)CCC1(c1cccc(O)c1)C2. The molecule has 2 fully saturated rings. The van der Waals surface area contributed by atoms with Crippen LogP contribution in [-0.2, 0) is 25.3 Å². The Morgan fingerprint density at radius 1 is 1.17 bits per heavy atom. The minimum absolute atomic E-state index is 0.0342. The average molecular weight is 405 g/mol. The van der Waals surface area contributed by atoms with Crippen molar-refractivity contribution in [1.29, 1.82) is 0 Å². The first-order valence-corrected chi connectivity index (χ1v) is 11.3. The second-order valence-electron chi connectivity index (χ2n) is 9.88. The van der Waals surface area contributed by atoms with Crippen LogP contribution >= 0.6 is 0 Å². The van der Waals surface area contributed by atoms with Crippen LogP contribution in [-0.4, -0.2) is 34.2 Å². The molecule has 3 aromatic rings. The number of halogens is 1. The Balaban J connectivity index is 1.48. The number of aromatic hydroxyl groups is 1. The Kier molecular flexibility index (Phi) is 4.05. The molecule has 2 unspecified atom stereocenters. The zero-order chi connectivity index (χ0) is 20.5. The number of aryl methyl sites for hydroxylation is 1. The second kappa shape index (κ2) is 6.58. The molecule has 3 nitrogen and oxygen atoms in total. The highest BCUT2D eigenvalue weighted by Gasteiger charge is 2.49. The minimum Gasteiger partial charge on any atom is -0.508 e. The number of rotatable bonds is 3.